The quantitative estimate of drug-likeness (QED) is 0.660. The van der Waals surface area contributed by atoms with Crippen LogP contribution in [0.1, 0.15) is 11.1 Å². The van der Waals surface area contributed by atoms with E-state index in [0.29, 0.717) is 0 Å². The van der Waals surface area contributed by atoms with E-state index in [1.165, 1.54) is 18.2 Å². The van der Waals surface area contributed by atoms with Crippen LogP contribution in [-0.4, -0.2) is 0 Å². The van der Waals surface area contributed by atoms with Crippen LogP contribution >= 0.6 is 13.5 Å². The Kier molecular flexibility index (Phi) is 4.07. The molecule has 0 aliphatic rings. The Morgan fingerprint density at radius 3 is 2.08 bits per heavy atom. The Morgan fingerprint density at radius 2 is 1.69 bits per heavy atom. The largest absolute Gasteiger partial charge is 0.416 e. The summed E-state index contributed by atoms with van der Waals surface area (Å²) in [5.74, 6) is 0. The van der Waals surface area contributed by atoms with Gasteiger partial charge >= 0.3 is 6.18 Å². The summed E-state index contributed by atoms with van der Waals surface area (Å²) in [4.78, 5) is 0. The minimum absolute atomic E-state index is 0. The van der Waals surface area contributed by atoms with Crippen LogP contribution in [0.4, 0.5) is 13.2 Å². The van der Waals surface area contributed by atoms with Gasteiger partial charge in [-0.25, -0.2) is 0 Å². The van der Waals surface area contributed by atoms with Gasteiger partial charge in [0.2, 0.25) is 0 Å². The molecule has 0 saturated carbocycles. The van der Waals surface area contributed by atoms with E-state index in [9.17, 15) is 13.2 Å². The highest BCUT2D eigenvalue weighted by Crippen LogP contribution is 2.31. The van der Waals surface area contributed by atoms with Crippen LogP contribution in [0.5, 0.6) is 0 Å². The van der Waals surface area contributed by atoms with E-state index in [2.05, 4.69) is 6.58 Å². The van der Waals surface area contributed by atoms with Gasteiger partial charge in [-0.3, -0.25) is 0 Å². The van der Waals surface area contributed by atoms with E-state index in [1.807, 2.05) is 0 Å². The molecule has 0 atom stereocenters. The molecule has 0 N–H and O–H groups in total. The van der Waals surface area contributed by atoms with Gasteiger partial charge in [-0.1, -0.05) is 30.9 Å². The van der Waals surface area contributed by atoms with Crippen molar-refractivity contribution in [3.63, 3.8) is 0 Å². The molecule has 1 aromatic rings. The number of hydrogen-bond acceptors (Lipinski definition) is 0. The van der Waals surface area contributed by atoms with Crippen LogP contribution in [0.15, 0.2) is 30.8 Å². The summed E-state index contributed by atoms with van der Waals surface area (Å²) in [5.41, 5.74) is -0.523. The molecule has 13 heavy (non-hydrogen) atoms. The Morgan fingerprint density at radius 1 is 1.15 bits per heavy atom. The van der Waals surface area contributed by atoms with Crippen molar-refractivity contribution in [3.05, 3.63) is 42.0 Å². The lowest BCUT2D eigenvalue weighted by molar-refractivity contribution is -0.137. The molecule has 0 amide bonds. The zero-order chi connectivity index (χ0) is 9.19. The molecule has 0 aliphatic heterocycles. The first kappa shape index (κ1) is 12.1. The van der Waals surface area contributed by atoms with Gasteiger partial charge in [-0.15, -0.1) is 0 Å². The highest BCUT2D eigenvalue weighted by molar-refractivity contribution is 7.59. The van der Waals surface area contributed by atoms with E-state index in [4.69, 9.17) is 0 Å². The molecule has 72 valence electrons. The molecule has 1 rings (SSSR count). The maximum atomic E-state index is 12.2. The lowest BCUT2D eigenvalue weighted by atomic mass is 10.1. The van der Waals surface area contributed by atoms with E-state index in [-0.39, 0.29) is 19.1 Å². The molecule has 4 heteroatoms. The van der Waals surface area contributed by atoms with Gasteiger partial charge in [-0.05, 0) is 11.6 Å². The van der Waals surface area contributed by atoms with Crippen LogP contribution < -0.4 is 0 Å². The van der Waals surface area contributed by atoms with Gasteiger partial charge in [0.05, 0.1) is 5.56 Å². The molecule has 0 aromatic heterocycles. The van der Waals surface area contributed by atoms with Crippen LogP contribution in [0.3, 0.4) is 0 Å². The zero-order valence-corrected chi connectivity index (χ0v) is 7.73. The normalized spacial score (nSPS) is 10.4. The zero-order valence-electron chi connectivity index (χ0n) is 6.73. The standard InChI is InChI=1S/C9H7F3.H2S/c1-2-7-5-3-4-6-8(7)9(10,11)12;/h2-6H,1H2;1H2. The monoisotopic (exact) mass is 206 g/mol. The lowest BCUT2D eigenvalue weighted by Gasteiger charge is -2.08. The molecular formula is C9H9F3S. The molecule has 1 aromatic carbocycles. The third kappa shape index (κ3) is 2.81. The summed E-state index contributed by atoms with van der Waals surface area (Å²) in [7, 11) is 0. The van der Waals surface area contributed by atoms with Crippen LogP contribution in [0.25, 0.3) is 6.08 Å². The number of rotatable bonds is 1. The Labute approximate surface area is 81.5 Å². The summed E-state index contributed by atoms with van der Waals surface area (Å²) < 4.78 is 36.6. The van der Waals surface area contributed by atoms with E-state index in [1.54, 1.807) is 6.07 Å². The lowest BCUT2D eigenvalue weighted by Crippen LogP contribution is -2.06. The molecule has 0 fully saturated rings. The summed E-state index contributed by atoms with van der Waals surface area (Å²) in [6, 6.07) is 5.33. The second-order valence-electron chi connectivity index (χ2n) is 2.29. The van der Waals surface area contributed by atoms with Gasteiger partial charge < -0.3 is 0 Å². The van der Waals surface area contributed by atoms with Crippen molar-refractivity contribution in [2.75, 3.05) is 0 Å². The fraction of sp³-hybridized carbons (Fsp3) is 0.111. The number of hydrogen-bond donors (Lipinski definition) is 0. The van der Waals surface area contributed by atoms with E-state index in [0.717, 1.165) is 6.07 Å². The second kappa shape index (κ2) is 4.37. The van der Waals surface area contributed by atoms with Gasteiger partial charge in [-0.2, -0.15) is 26.7 Å². The number of benzene rings is 1. The first-order valence-electron chi connectivity index (χ1n) is 3.34. The average Bonchev–Trinajstić information content (AvgIpc) is 2.03. The van der Waals surface area contributed by atoms with Gasteiger partial charge in [0, 0.05) is 0 Å². The summed E-state index contributed by atoms with van der Waals surface area (Å²) in [6.45, 7) is 3.31. The molecule has 0 saturated heterocycles. The van der Waals surface area contributed by atoms with E-state index < -0.39 is 11.7 Å². The van der Waals surface area contributed by atoms with Crippen molar-refractivity contribution in [2.45, 2.75) is 6.18 Å². The van der Waals surface area contributed by atoms with Crippen LogP contribution in [0.2, 0.25) is 0 Å². The Balaban J connectivity index is 0.00000144. The van der Waals surface area contributed by atoms with Crippen molar-refractivity contribution in [2.24, 2.45) is 0 Å². The molecule has 0 heterocycles. The minimum Gasteiger partial charge on any atom is -0.197 e. The molecule has 0 radical (unpaired) electrons. The maximum absolute atomic E-state index is 12.2. The fourth-order valence-corrected chi connectivity index (χ4v) is 0.933. The molecule has 0 spiro atoms. The second-order valence-corrected chi connectivity index (χ2v) is 2.29. The van der Waals surface area contributed by atoms with Gasteiger partial charge in [0.1, 0.15) is 0 Å². The summed E-state index contributed by atoms with van der Waals surface area (Å²) in [5, 5.41) is 0. The average molecular weight is 206 g/mol. The third-order valence-corrected chi connectivity index (χ3v) is 1.49. The molecule has 0 aliphatic carbocycles. The number of halogens is 3. The summed E-state index contributed by atoms with van der Waals surface area (Å²) in [6.07, 6.45) is -3.09. The van der Waals surface area contributed by atoms with Crippen LogP contribution in [0, 0.1) is 0 Å². The predicted octanol–water partition coefficient (Wildman–Crippen LogP) is 3.46. The van der Waals surface area contributed by atoms with Crippen molar-refractivity contribution in [1.82, 2.24) is 0 Å². The summed E-state index contributed by atoms with van der Waals surface area (Å²) >= 11 is 0. The Bertz CT molecular complexity index is 291. The van der Waals surface area contributed by atoms with Crippen molar-refractivity contribution in [3.8, 4) is 0 Å². The molecule has 0 nitrogen and oxygen atoms in total. The van der Waals surface area contributed by atoms with E-state index >= 15 is 0 Å². The highest BCUT2D eigenvalue weighted by Gasteiger charge is 2.31. The smallest absolute Gasteiger partial charge is 0.197 e. The van der Waals surface area contributed by atoms with Gasteiger partial charge in [0.15, 0.2) is 0 Å². The molecular weight excluding hydrogens is 197 g/mol. The number of alkyl halides is 3. The first-order valence-corrected chi connectivity index (χ1v) is 3.34. The van der Waals surface area contributed by atoms with Crippen molar-refractivity contribution >= 4 is 19.6 Å². The first-order chi connectivity index (χ1) is 5.55. The van der Waals surface area contributed by atoms with Crippen molar-refractivity contribution < 1.29 is 13.2 Å². The predicted molar refractivity (Wildman–Crippen MR) is 51.9 cm³/mol. The third-order valence-electron chi connectivity index (χ3n) is 1.49. The van der Waals surface area contributed by atoms with Gasteiger partial charge in [0.25, 0.3) is 0 Å². The highest BCUT2D eigenvalue weighted by atomic mass is 32.1. The molecule has 0 unspecified atom stereocenters. The van der Waals surface area contributed by atoms with Crippen LogP contribution in [-0.2, 0) is 6.18 Å². The molecule has 0 bridgehead atoms. The fourth-order valence-electron chi connectivity index (χ4n) is 0.933. The minimum atomic E-state index is -4.29. The van der Waals surface area contributed by atoms with Crippen molar-refractivity contribution in [1.29, 1.82) is 0 Å². The maximum Gasteiger partial charge on any atom is 0.416 e. The SMILES string of the molecule is C=Cc1ccccc1C(F)(F)F.S. The topological polar surface area (TPSA) is 0 Å². The Hall–Kier alpha value is -0.900.